The van der Waals surface area contributed by atoms with Gasteiger partial charge in [0.1, 0.15) is 5.84 Å². The zero-order chi connectivity index (χ0) is 8.27. The van der Waals surface area contributed by atoms with E-state index in [-0.39, 0.29) is 12.3 Å². The molecule has 0 aliphatic carbocycles. The van der Waals surface area contributed by atoms with E-state index < -0.39 is 0 Å². The second-order valence-corrected chi connectivity index (χ2v) is 1.96. The Bertz CT molecular complexity index is 265. The highest BCUT2D eigenvalue weighted by molar-refractivity contribution is 5.81. The van der Waals surface area contributed by atoms with Gasteiger partial charge in [-0.15, -0.1) is 10.2 Å². The molecule has 0 atom stereocenters. The molecule has 0 amide bonds. The van der Waals surface area contributed by atoms with Crippen molar-refractivity contribution in [3.8, 4) is 0 Å². The van der Waals surface area contributed by atoms with E-state index in [1.807, 2.05) is 0 Å². The maximum atomic E-state index is 8.18. The average molecular weight is 156 g/mol. The molecule has 0 saturated heterocycles. The molecule has 0 spiro atoms. The lowest BCUT2D eigenvalue weighted by Gasteiger charge is -1.89. The third-order valence-electron chi connectivity index (χ3n) is 1.02. The fourth-order valence-electron chi connectivity index (χ4n) is 0.591. The number of oxime groups is 1. The first kappa shape index (κ1) is 7.45. The summed E-state index contributed by atoms with van der Waals surface area (Å²) in [4.78, 5) is 1.31. The van der Waals surface area contributed by atoms with Gasteiger partial charge in [-0.05, 0) is 5.21 Å². The number of tetrazole rings is 1. The van der Waals surface area contributed by atoms with E-state index >= 15 is 0 Å². The normalized spacial score (nSPS) is 11.9. The topological polar surface area (TPSA) is 102 Å². The quantitative estimate of drug-likeness (QED) is 0.235. The van der Waals surface area contributed by atoms with Crippen LogP contribution in [0.4, 0.5) is 0 Å². The summed E-state index contributed by atoms with van der Waals surface area (Å²) < 4.78 is 0. The first-order valence-electron chi connectivity index (χ1n) is 2.91. The van der Waals surface area contributed by atoms with Gasteiger partial charge >= 0.3 is 0 Å². The van der Waals surface area contributed by atoms with Crippen molar-refractivity contribution < 1.29 is 5.21 Å². The molecule has 7 heteroatoms. The SMILES string of the molecule is Cn1nnc(CC(N)=NO)n1. The Hall–Kier alpha value is -1.66. The lowest BCUT2D eigenvalue weighted by atomic mass is 10.4. The van der Waals surface area contributed by atoms with Crippen molar-refractivity contribution >= 4 is 5.84 Å². The number of rotatable bonds is 2. The molecule has 60 valence electrons. The molecule has 0 radical (unpaired) electrons. The number of nitrogens with zero attached hydrogens (tertiary/aromatic N) is 5. The van der Waals surface area contributed by atoms with Crippen molar-refractivity contribution in [1.29, 1.82) is 0 Å². The molecule has 1 aromatic rings. The molecular formula is C4H8N6O. The van der Waals surface area contributed by atoms with E-state index in [0.29, 0.717) is 5.82 Å². The van der Waals surface area contributed by atoms with E-state index in [9.17, 15) is 0 Å². The molecule has 0 bridgehead atoms. The van der Waals surface area contributed by atoms with Crippen molar-refractivity contribution in [3.05, 3.63) is 5.82 Å². The molecular weight excluding hydrogens is 148 g/mol. The van der Waals surface area contributed by atoms with Gasteiger partial charge in [-0.2, -0.15) is 4.80 Å². The largest absolute Gasteiger partial charge is 0.409 e. The average Bonchev–Trinajstić information content (AvgIpc) is 2.35. The standard InChI is InChI=1S/C4H8N6O/c1-10-7-4(6-9-10)2-3(5)8-11/h11H,2H2,1H3,(H2,5,8). The summed E-state index contributed by atoms with van der Waals surface area (Å²) in [5.74, 6) is 0.501. The van der Waals surface area contributed by atoms with Crippen molar-refractivity contribution in [2.45, 2.75) is 6.42 Å². The van der Waals surface area contributed by atoms with E-state index in [0.717, 1.165) is 0 Å². The smallest absolute Gasteiger partial charge is 0.182 e. The Balaban J connectivity index is 2.65. The number of amidine groups is 1. The highest BCUT2D eigenvalue weighted by atomic mass is 16.4. The van der Waals surface area contributed by atoms with E-state index in [4.69, 9.17) is 10.9 Å². The van der Waals surface area contributed by atoms with E-state index in [2.05, 4.69) is 20.6 Å². The van der Waals surface area contributed by atoms with Crippen LogP contribution in [-0.2, 0) is 13.5 Å². The van der Waals surface area contributed by atoms with Crippen LogP contribution in [0.5, 0.6) is 0 Å². The molecule has 1 rings (SSSR count). The highest BCUT2D eigenvalue weighted by Crippen LogP contribution is 1.86. The van der Waals surface area contributed by atoms with Gasteiger partial charge in [0.15, 0.2) is 5.82 Å². The molecule has 0 saturated carbocycles. The van der Waals surface area contributed by atoms with Crippen molar-refractivity contribution in [3.63, 3.8) is 0 Å². The van der Waals surface area contributed by atoms with Gasteiger partial charge in [-0.3, -0.25) is 0 Å². The Morgan fingerprint density at radius 1 is 1.82 bits per heavy atom. The summed E-state index contributed by atoms with van der Waals surface area (Å²) in [7, 11) is 1.64. The minimum atomic E-state index is 0.0676. The van der Waals surface area contributed by atoms with Crippen LogP contribution in [0.25, 0.3) is 0 Å². The first-order chi connectivity index (χ1) is 5.22. The lowest BCUT2D eigenvalue weighted by Crippen LogP contribution is -2.15. The zero-order valence-electron chi connectivity index (χ0n) is 5.97. The van der Waals surface area contributed by atoms with Gasteiger partial charge in [0, 0.05) is 0 Å². The minimum Gasteiger partial charge on any atom is -0.409 e. The number of aryl methyl sites for hydroxylation is 1. The second-order valence-electron chi connectivity index (χ2n) is 1.96. The summed E-state index contributed by atoms with van der Waals surface area (Å²) in [6, 6.07) is 0. The van der Waals surface area contributed by atoms with Gasteiger partial charge in [0.2, 0.25) is 0 Å². The number of hydrogen-bond donors (Lipinski definition) is 2. The molecule has 11 heavy (non-hydrogen) atoms. The highest BCUT2D eigenvalue weighted by Gasteiger charge is 2.02. The molecule has 7 nitrogen and oxygen atoms in total. The molecule has 1 heterocycles. The third kappa shape index (κ3) is 1.88. The summed E-state index contributed by atoms with van der Waals surface area (Å²) >= 11 is 0. The molecule has 0 fully saturated rings. The van der Waals surface area contributed by atoms with Gasteiger partial charge in [0.05, 0.1) is 13.5 Å². The summed E-state index contributed by atoms with van der Waals surface area (Å²) in [5.41, 5.74) is 5.20. The third-order valence-corrected chi connectivity index (χ3v) is 1.02. The summed E-state index contributed by atoms with van der Waals surface area (Å²) in [6.07, 6.45) is 0.213. The second kappa shape index (κ2) is 2.95. The maximum absolute atomic E-state index is 8.18. The molecule has 3 N–H and O–H groups in total. The van der Waals surface area contributed by atoms with E-state index in [1.165, 1.54) is 4.80 Å². The van der Waals surface area contributed by atoms with Crippen LogP contribution in [0.1, 0.15) is 5.82 Å². The van der Waals surface area contributed by atoms with Crippen LogP contribution >= 0.6 is 0 Å². The fourth-order valence-corrected chi connectivity index (χ4v) is 0.591. The Morgan fingerprint density at radius 2 is 2.55 bits per heavy atom. The number of nitrogens with two attached hydrogens (primary N) is 1. The zero-order valence-corrected chi connectivity index (χ0v) is 5.97. The van der Waals surface area contributed by atoms with Gasteiger partial charge in [-0.25, -0.2) is 0 Å². The van der Waals surface area contributed by atoms with E-state index in [1.54, 1.807) is 7.05 Å². The van der Waals surface area contributed by atoms with Crippen LogP contribution in [0, 0.1) is 0 Å². The van der Waals surface area contributed by atoms with Gasteiger partial charge < -0.3 is 10.9 Å². The molecule has 0 aliphatic rings. The maximum Gasteiger partial charge on any atom is 0.182 e. The number of aromatic nitrogens is 4. The molecule has 0 aromatic carbocycles. The fraction of sp³-hybridized carbons (Fsp3) is 0.500. The first-order valence-corrected chi connectivity index (χ1v) is 2.91. The van der Waals surface area contributed by atoms with Crippen LogP contribution in [0.15, 0.2) is 5.16 Å². The summed E-state index contributed by atoms with van der Waals surface area (Å²) in [5, 5.41) is 22.0. The van der Waals surface area contributed by atoms with Crippen LogP contribution < -0.4 is 5.73 Å². The predicted molar refractivity (Wildman–Crippen MR) is 35.9 cm³/mol. The Labute approximate surface area is 62.5 Å². The summed E-state index contributed by atoms with van der Waals surface area (Å²) in [6.45, 7) is 0. The molecule has 0 unspecified atom stereocenters. The number of hydrogen-bond acceptors (Lipinski definition) is 5. The monoisotopic (exact) mass is 156 g/mol. The van der Waals surface area contributed by atoms with Gasteiger partial charge in [0.25, 0.3) is 0 Å². The minimum absolute atomic E-state index is 0.0676. The van der Waals surface area contributed by atoms with Crippen molar-refractivity contribution in [2.75, 3.05) is 0 Å². The lowest BCUT2D eigenvalue weighted by molar-refractivity contribution is 0.317. The van der Waals surface area contributed by atoms with Gasteiger partial charge in [-0.1, -0.05) is 5.16 Å². The van der Waals surface area contributed by atoms with Crippen LogP contribution in [-0.4, -0.2) is 31.3 Å². The Morgan fingerprint density at radius 3 is 3.00 bits per heavy atom. The molecule has 1 aromatic heterocycles. The van der Waals surface area contributed by atoms with Crippen molar-refractivity contribution in [2.24, 2.45) is 17.9 Å². The predicted octanol–water partition coefficient (Wildman–Crippen LogP) is -1.50. The Kier molecular flexibility index (Phi) is 2.00. The molecule has 0 aliphatic heterocycles. The van der Waals surface area contributed by atoms with Crippen molar-refractivity contribution in [1.82, 2.24) is 20.2 Å². The van der Waals surface area contributed by atoms with Crippen LogP contribution in [0.2, 0.25) is 0 Å². The van der Waals surface area contributed by atoms with Crippen LogP contribution in [0.3, 0.4) is 0 Å².